The number of fused-ring (bicyclic) bond motifs is 1. The zero-order valence-corrected chi connectivity index (χ0v) is 14.7. The molecule has 0 unspecified atom stereocenters. The van der Waals surface area contributed by atoms with Crippen molar-refractivity contribution in [2.24, 2.45) is 0 Å². The minimum absolute atomic E-state index is 0.0339. The summed E-state index contributed by atoms with van der Waals surface area (Å²) in [5.74, 6) is -0.281. The highest BCUT2D eigenvalue weighted by Crippen LogP contribution is 2.27. The Hall–Kier alpha value is -3.73. The topological polar surface area (TPSA) is 75.1 Å². The molecule has 1 amide bonds. The van der Waals surface area contributed by atoms with E-state index in [2.05, 4.69) is 15.3 Å². The SMILES string of the molecule is Cc1ccc(NC(=O)c2cc(-c3ccccn3)nc3ccccc23)c(O)c1. The molecule has 0 radical (unpaired) electrons. The van der Waals surface area contributed by atoms with E-state index in [9.17, 15) is 9.90 Å². The summed E-state index contributed by atoms with van der Waals surface area (Å²) in [5.41, 5.74) is 3.77. The van der Waals surface area contributed by atoms with Gasteiger partial charge in [-0.15, -0.1) is 0 Å². The number of nitrogens with one attached hydrogen (secondary N) is 1. The van der Waals surface area contributed by atoms with Gasteiger partial charge in [0.2, 0.25) is 0 Å². The second-order valence-corrected chi connectivity index (χ2v) is 6.26. The second kappa shape index (κ2) is 6.88. The molecule has 0 atom stereocenters. The molecule has 2 aromatic carbocycles. The van der Waals surface area contributed by atoms with Gasteiger partial charge in [-0.1, -0.05) is 30.3 Å². The van der Waals surface area contributed by atoms with Crippen LogP contribution in [0.15, 0.2) is 72.9 Å². The molecule has 0 bridgehead atoms. The third-order valence-electron chi connectivity index (χ3n) is 4.29. The lowest BCUT2D eigenvalue weighted by molar-refractivity contribution is 0.102. The van der Waals surface area contributed by atoms with E-state index in [1.165, 1.54) is 0 Å². The number of rotatable bonds is 3. The standard InChI is InChI=1S/C22H17N3O2/c1-14-9-10-19(21(26)12-14)25-22(27)16-13-20(18-8-4-5-11-23-18)24-17-7-3-2-6-15(16)17/h2-13,26H,1H3,(H,25,27). The van der Waals surface area contributed by atoms with E-state index >= 15 is 0 Å². The Morgan fingerprint density at radius 1 is 0.963 bits per heavy atom. The first kappa shape index (κ1) is 16.7. The molecule has 0 spiro atoms. The van der Waals surface area contributed by atoms with E-state index in [4.69, 9.17) is 0 Å². The number of aryl methyl sites for hydroxylation is 1. The average Bonchev–Trinajstić information content (AvgIpc) is 2.70. The lowest BCUT2D eigenvalue weighted by Gasteiger charge is -2.11. The number of hydrogen-bond donors (Lipinski definition) is 2. The monoisotopic (exact) mass is 355 g/mol. The highest BCUT2D eigenvalue weighted by Gasteiger charge is 2.15. The molecular formula is C22H17N3O2. The lowest BCUT2D eigenvalue weighted by Crippen LogP contribution is -2.13. The quantitative estimate of drug-likeness (QED) is 0.528. The van der Waals surface area contributed by atoms with Crippen molar-refractivity contribution in [3.8, 4) is 17.1 Å². The number of anilines is 1. The minimum atomic E-state index is -0.315. The van der Waals surface area contributed by atoms with E-state index < -0.39 is 0 Å². The minimum Gasteiger partial charge on any atom is -0.506 e. The summed E-state index contributed by atoms with van der Waals surface area (Å²) in [6, 6.07) is 19.9. The summed E-state index contributed by atoms with van der Waals surface area (Å²) in [6.07, 6.45) is 1.69. The van der Waals surface area contributed by atoms with Gasteiger partial charge in [0, 0.05) is 11.6 Å². The largest absolute Gasteiger partial charge is 0.506 e. The van der Waals surface area contributed by atoms with Gasteiger partial charge in [0.25, 0.3) is 5.91 Å². The zero-order chi connectivity index (χ0) is 18.8. The summed E-state index contributed by atoms with van der Waals surface area (Å²) in [5, 5.41) is 13.6. The van der Waals surface area contributed by atoms with E-state index in [0.29, 0.717) is 28.2 Å². The number of para-hydroxylation sites is 1. The lowest BCUT2D eigenvalue weighted by atomic mass is 10.1. The van der Waals surface area contributed by atoms with Crippen molar-refractivity contribution in [2.75, 3.05) is 5.32 Å². The highest BCUT2D eigenvalue weighted by molar-refractivity contribution is 6.13. The number of carbonyl (C=O) groups excluding carboxylic acids is 1. The Bertz CT molecular complexity index is 1140. The number of benzene rings is 2. The number of nitrogens with zero attached hydrogens (tertiary/aromatic N) is 2. The van der Waals surface area contributed by atoms with Crippen LogP contribution in [-0.4, -0.2) is 21.0 Å². The fourth-order valence-corrected chi connectivity index (χ4v) is 2.95. The Morgan fingerprint density at radius 3 is 2.56 bits per heavy atom. The van der Waals surface area contributed by atoms with Crippen LogP contribution in [0.2, 0.25) is 0 Å². The fraction of sp³-hybridized carbons (Fsp3) is 0.0455. The van der Waals surface area contributed by atoms with Crippen LogP contribution in [0.25, 0.3) is 22.3 Å². The first-order valence-corrected chi connectivity index (χ1v) is 8.54. The van der Waals surface area contributed by atoms with Crippen LogP contribution in [-0.2, 0) is 0 Å². The molecular weight excluding hydrogens is 338 g/mol. The molecule has 0 aliphatic heterocycles. The van der Waals surface area contributed by atoms with Crippen molar-refractivity contribution in [3.63, 3.8) is 0 Å². The van der Waals surface area contributed by atoms with Crippen LogP contribution in [0, 0.1) is 6.92 Å². The summed E-state index contributed by atoms with van der Waals surface area (Å²) in [6.45, 7) is 1.88. The zero-order valence-electron chi connectivity index (χ0n) is 14.7. The summed E-state index contributed by atoms with van der Waals surface area (Å²) in [7, 11) is 0. The molecule has 2 aromatic heterocycles. The van der Waals surface area contributed by atoms with Crippen LogP contribution in [0.1, 0.15) is 15.9 Å². The number of aromatic hydroxyl groups is 1. The predicted molar refractivity (Wildman–Crippen MR) is 106 cm³/mol. The maximum atomic E-state index is 13.0. The normalized spacial score (nSPS) is 10.7. The van der Waals surface area contributed by atoms with E-state index in [-0.39, 0.29) is 11.7 Å². The van der Waals surface area contributed by atoms with Crippen molar-refractivity contribution < 1.29 is 9.90 Å². The first-order valence-electron chi connectivity index (χ1n) is 8.54. The van der Waals surface area contributed by atoms with Crippen molar-refractivity contribution in [2.45, 2.75) is 6.92 Å². The van der Waals surface area contributed by atoms with Crippen molar-refractivity contribution >= 4 is 22.5 Å². The van der Waals surface area contributed by atoms with Gasteiger partial charge in [0.1, 0.15) is 5.75 Å². The number of phenolic OH excluding ortho intramolecular Hbond substituents is 1. The van der Waals surface area contributed by atoms with E-state index in [0.717, 1.165) is 10.9 Å². The number of hydrogen-bond acceptors (Lipinski definition) is 4. The number of amides is 1. The third kappa shape index (κ3) is 3.35. The van der Waals surface area contributed by atoms with Gasteiger partial charge in [-0.25, -0.2) is 4.98 Å². The highest BCUT2D eigenvalue weighted by atomic mass is 16.3. The maximum absolute atomic E-state index is 13.0. The molecule has 0 saturated carbocycles. The number of pyridine rings is 2. The Morgan fingerprint density at radius 2 is 1.78 bits per heavy atom. The molecule has 2 heterocycles. The van der Waals surface area contributed by atoms with Crippen LogP contribution in [0.4, 0.5) is 5.69 Å². The Labute approximate surface area is 156 Å². The third-order valence-corrected chi connectivity index (χ3v) is 4.29. The molecule has 4 aromatic rings. The number of aromatic nitrogens is 2. The molecule has 0 saturated heterocycles. The van der Waals surface area contributed by atoms with Gasteiger partial charge in [-0.3, -0.25) is 9.78 Å². The second-order valence-electron chi connectivity index (χ2n) is 6.26. The van der Waals surface area contributed by atoms with Gasteiger partial charge >= 0.3 is 0 Å². The predicted octanol–water partition coefficient (Wildman–Crippen LogP) is 4.56. The van der Waals surface area contributed by atoms with Crippen LogP contribution >= 0.6 is 0 Å². The van der Waals surface area contributed by atoms with Crippen molar-refractivity contribution in [3.05, 3.63) is 84.1 Å². The average molecular weight is 355 g/mol. The van der Waals surface area contributed by atoms with Gasteiger partial charge < -0.3 is 10.4 Å². The van der Waals surface area contributed by atoms with Crippen molar-refractivity contribution in [1.29, 1.82) is 0 Å². The molecule has 5 heteroatoms. The molecule has 4 rings (SSSR count). The summed E-state index contributed by atoms with van der Waals surface area (Å²) >= 11 is 0. The first-order chi connectivity index (χ1) is 13.1. The van der Waals surface area contributed by atoms with Crippen LogP contribution in [0.3, 0.4) is 0 Å². The fourth-order valence-electron chi connectivity index (χ4n) is 2.95. The maximum Gasteiger partial charge on any atom is 0.256 e. The van der Waals surface area contributed by atoms with Gasteiger partial charge in [0.05, 0.1) is 28.2 Å². The van der Waals surface area contributed by atoms with Gasteiger partial charge in [0.15, 0.2) is 0 Å². The summed E-state index contributed by atoms with van der Waals surface area (Å²) < 4.78 is 0. The molecule has 2 N–H and O–H groups in total. The molecule has 0 fully saturated rings. The summed E-state index contributed by atoms with van der Waals surface area (Å²) in [4.78, 5) is 21.9. The molecule has 5 nitrogen and oxygen atoms in total. The number of phenols is 1. The van der Waals surface area contributed by atoms with Crippen molar-refractivity contribution in [1.82, 2.24) is 9.97 Å². The molecule has 132 valence electrons. The molecule has 0 aliphatic carbocycles. The Balaban J connectivity index is 1.81. The van der Waals surface area contributed by atoms with E-state index in [1.807, 2.05) is 55.5 Å². The smallest absolute Gasteiger partial charge is 0.256 e. The Kier molecular flexibility index (Phi) is 4.26. The van der Waals surface area contributed by atoms with Crippen LogP contribution < -0.4 is 5.32 Å². The van der Waals surface area contributed by atoms with Gasteiger partial charge in [-0.2, -0.15) is 0 Å². The van der Waals surface area contributed by atoms with E-state index in [1.54, 1.807) is 24.4 Å². The number of carbonyl (C=O) groups is 1. The van der Waals surface area contributed by atoms with Gasteiger partial charge in [-0.05, 0) is 48.9 Å². The molecule has 0 aliphatic rings. The molecule has 27 heavy (non-hydrogen) atoms. The van der Waals surface area contributed by atoms with Crippen LogP contribution in [0.5, 0.6) is 5.75 Å².